The Bertz CT molecular complexity index is 1510. The molecule has 4 nitrogen and oxygen atoms in total. The zero-order valence-corrected chi connectivity index (χ0v) is 24.6. The van der Waals surface area contributed by atoms with Crippen molar-refractivity contribution in [1.29, 1.82) is 0 Å². The van der Waals surface area contributed by atoms with E-state index in [0.717, 1.165) is 16.7 Å². The van der Waals surface area contributed by atoms with Crippen molar-refractivity contribution in [3.8, 4) is 17.2 Å². The topological polar surface area (TPSA) is 44.8 Å². The summed E-state index contributed by atoms with van der Waals surface area (Å²) in [6.07, 6.45) is 0. The quantitative estimate of drug-likeness (QED) is 0.134. The first-order valence-corrected chi connectivity index (χ1v) is 14.8. The highest BCUT2D eigenvalue weighted by Gasteiger charge is 2.22. The first kappa shape index (κ1) is 28.7. The number of rotatable bonds is 12. The van der Waals surface area contributed by atoms with Crippen LogP contribution in [-0.4, -0.2) is 5.52 Å². The summed E-state index contributed by atoms with van der Waals surface area (Å²) >= 11 is 12.8. The van der Waals surface area contributed by atoms with E-state index < -0.39 is 0 Å². The Morgan fingerprint density at radius 2 is 0.976 bits per heavy atom. The Morgan fingerprint density at radius 3 is 1.41 bits per heavy atom. The highest BCUT2D eigenvalue weighted by atomic mass is 35.5. The molecule has 7 heteroatoms. The molecule has 0 radical (unpaired) electrons. The number of hydrogen-bond acceptors (Lipinski definition) is 4. The summed E-state index contributed by atoms with van der Waals surface area (Å²) in [7, 11) is -0.361. The molecule has 0 bridgehead atoms. The molecule has 0 aliphatic rings. The molecule has 5 aromatic carbocycles. The van der Waals surface area contributed by atoms with Crippen molar-refractivity contribution in [2.24, 2.45) is 0 Å². The van der Waals surface area contributed by atoms with Crippen molar-refractivity contribution in [3.05, 3.63) is 154 Å². The van der Waals surface area contributed by atoms with Gasteiger partial charge >= 0.3 is 0 Å². The molecule has 1 unspecified atom stereocenters. The number of carbonyl (C=O) groups excluding carboxylic acids is 1. The maximum absolute atomic E-state index is 13.6. The fourth-order valence-corrected chi connectivity index (χ4v) is 5.99. The maximum Gasteiger partial charge on any atom is 0.188 e. The number of halogens is 2. The Morgan fingerprint density at radius 1 is 0.561 bits per heavy atom. The summed E-state index contributed by atoms with van der Waals surface area (Å²) in [6.45, 7) is 0.978. The minimum Gasteiger partial charge on any atom is -0.489 e. The second-order valence-electron chi connectivity index (χ2n) is 9.17. The highest BCUT2D eigenvalue weighted by molar-refractivity contribution is 7.66. The van der Waals surface area contributed by atoms with Gasteiger partial charge in [0.05, 0.1) is 20.9 Å². The van der Waals surface area contributed by atoms with Gasteiger partial charge in [-0.15, -0.1) is 0 Å². The number of ether oxygens (including phenoxy) is 3. The maximum atomic E-state index is 13.6. The van der Waals surface area contributed by atoms with Crippen molar-refractivity contribution in [2.75, 3.05) is 0 Å². The van der Waals surface area contributed by atoms with Crippen molar-refractivity contribution in [1.82, 2.24) is 0 Å². The van der Waals surface area contributed by atoms with Gasteiger partial charge in [-0.25, -0.2) is 0 Å². The molecule has 0 amide bonds. The molecule has 5 rings (SSSR count). The first-order valence-electron chi connectivity index (χ1n) is 13.0. The van der Waals surface area contributed by atoms with Gasteiger partial charge < -0.3 is 14.2 Å². The van der Waals surface area contributed by atoms with Crippen LogP contribution in [0.1, 0.15) is 27.0 Å². The van der Waals surface area contributed by atoms with E-state index in [1.54, 1.807) is 18.2 Å². The van der Waals surface area contributed by atoms with Gasteiger partial charge in [-0.05, 0) is 37.4 Å². The molecule has 0 aliphatic carbocycles. The average molecular weight is 601 g/mol. The molecule has 5 aromatic rings. The van der Waals surface area contributed by atoms with Crippen molar-refractivity contribution >= 4 is 42.6 Å². The lowest BCUT2D eigenvalue weighted by molar-refractivity contribution is 0.108. The zero-order valence-electron chi connectivity index (χ0n) is 22.1. The molecule has 0 saturated heterocycles. The number of carbonyl (C=O) groups is 1. The summed E-state index contributed by atoms with van der Waals surface area (Å²) in [4.78, 5) is 13.6. The molecule has 0 saturated carbocycles. The van der Waals surface area contributed by atoms with Gasteiger partial charge in [0, 0.05) is 12.1 Å². The molecule has 41 heavy (non-hydrogen) atoms. The van der Waals surface area contributed by atoms with Gasteiger partial charge in [0.25, 0.3) is 0 Å². The summed E-state index contributed by atoms with van der Waals surface area (Å²) in [5.74, 6) is 1.56. The second-order valence-corrected chi connectivity index (χ2v) is 11.2. The molecule has 0 N–H and O–H groups in total. The first-order chi connectivity index (χ1) is 20.1. The van der Waals surface area contributed by atoms with E-state index in [4.69, 9.17) is 37.4 Å². The van der Waals surface area contributed by atoms with Crippen LogP contribution in [0.2, 0.25) is 10.0 Å². The molecule has 206 valence electrons. The minimum atomic E-state index is -0.361. The predicted molar refractivity (Wildman–Crippen MR) is 168 cm³/mol. The van der Waals surface area contributed by atoms with Gasteiger partial charge in [-0.2, -0.15) is 0 Å². The van der Waals surface area contributed by atoms with E-state index in [9.17, 15) is 4.79 Å². The monoisotopic (exact) mass is 600 g/mol. The third-order valence-corrected chi connectivity index (χ3v) is 8.04. The predicted octanol–water partition coefficient (Wildman–Crippen LogP) is 8.87. The zero-order chi connectivity index (χ0) is 28.4. The molecular weight excluding hydrogens is 574 g/mol. The van der Waals surface area contributed by atoms with Gasteiger partial charge in [-0.3, -0.25) is 4.79 Å². The third kappa shape index (κ3) is 7.89. The van der Waals surface area contributed by atoms with E-state index in [1.807, 2.05) is 103 Å². The fourth-order valence-electron chi connectivity index (χ4n) is 4.10. The molecule has 0 heterocycles. The molecule has 0 aromatic heterocycles. The molecule has 0 spiro atoms. The summed E-state index contributed by atoms with van der Waals surface area (Å²) in [5.41, 5.74) is 3.07. The van der Waals surface area contributed by atoms with Gasteiger partial charge in [0.1, 0.15) is 37.1 Å². The van der Waals surface area contributed by atoms with Crippen molar-refractivity contribution in [3.63, 3.8) is 0 Å². The smallest absolute Gasteiger partial charge is 0.188 e. The lowest BCUT2D eigenvalue weighted by Crippen LogP contribution is -2.13. The van der Waals surface area contributed by atoms with E-state index >= 15 is 0 Å². The highest BCUT2D eigenvalue weighted by Crippen LogP contribution is 2.38. The van der Waals surface area contributed by atoms with Crippen LogP contribution < -0.4 is 19.5 Å². The van der Waals surface area contributed by atoms with Crippen molar-refractivity contribution in [2.45, 2.75) is 19.8 Å². The molecule has 0 fully saturated rings. The lowest BCUT2D eigenvalue weighted by atomic mass is 10.2. The van der Waals surface area contributed by atoms with Gasteiger partial charge in [-0.1, -0.05) is 120 Å². The largest absolute Gasteiger partial charge is 0.489 e. The molecule has 0 aliphatic heterocycles. The lowest BCUT2D eigenvalue weighted by Gasteiger charge is -2.19. The molecular formula is C34H27Cl2O4P. The minimum absolute atomic E-state index is 0.215. The van der Waals surface area contributed by atoms with Crippen LogP contribution in [0.5, 0.6) is 17.2 Å². The second kappa shape index (κ2) is 14.2. The Labute approximate surface area is 251 Å². The van der Waals surface area contributed by atoms with Crippen LogP contribution in [0.25, 0.3) is 0 Å². The number of benzene rings is 5. The molecule has 1 atom stereocenters. The fraction of sp³-hybridized carbons (Fsp3) is 0.0882. The average Bonchev–Trinajstić information content (AvgIpc) is 3.00. The summed E-state index contributed by atoms with van der Waals surface area (Å²) < 4.78 is 18.8. The standard InChI is InChI=1S/C34H27Cl2O4P/c35-28-17-10-18-29(36)32(28)34(37)41-33-30(39-22-25-13-6-2-7-14-25)19-27(38-21-24-11-4-1-5-12-24)20-31(33)40-23-26-15-8-3-9-16-26/h1-20,41H,21-23H2. The van der Waals surface area contributed by atoms with Gasteiger partial charge in [0.15, 0.2) is 5.52 Å². The normalized spacial score (nSPS) is 11.0. The van der Waals surface area contributed by atoms with Crippen LogP contribution in [0.15, 0.2) is 121 Å². The summed E-state index contributed by atoms with van der Waals surface area (Å²) in [6, 6.07) is 38.2. The Kier molecular flexibility index (Phi) is 9.93. The van der Waals surface area contributed by atoms with Crippen LogP contribution >= 0.6 is 31.8 Å². The van der Waals surface area contributed by atoms with E-state index in [0.29, 0.717) is 52.4 Å². The summed E-state index contributed by atoms with van der Waals surface area (Å²) in [5, 5.41) is 1.22. The Hall–Kier alpha value is -3.82. The van der Waals surface area contributed by atoms with E-state index in [1.165, 1.54) is 0 Å². The van der Waals surface area contributed by atoms with Crippen LogP contribution in [0.4, 0.5) is 0 Å². The SMILES string of the molecule is O=C(Pc1c(OCc2ccccc2)cc(OCc2ccccc2)cc1OCc1ccccc1)c1c(Cl)cccc1Cl. The van der Waals surface area contributed by atoms with Crippen molar-refractivity contribution < 1.29 is 19.0 Å². The van der Waals surface area contributed by atoms with E-state index in [2.05, 4.69) is 0 Å². The van der Waals surface area contributed by atoms with Crippen LogP contribution in [-0.2, 0) is 19.8 Å². The van der Waals surface area contributed by atoms with Crippen LogP contribution in [0.3, 0.4) is 0 Å². The third-order valence-electron chi connectivity index (χ3n) is 6.19. The van der Waals surface area contributed by atoms with E-state index in [-0.39, 0.29) is 19.7 Å². The Balaban J connectivity index is 1.52. The number of hydrogen-bond donors (Lipinski definition) is 0. The van der Waals surface area contributed by atoms with Crippen LogP contribution in [0, 0.1) is 0 Å². The van der Waals surface area contributed by atoms with Gasteiger partial charge in [0.2, 0.25) is 0 Å².